The predicted molar refractivity (Wildman–Crippen MR) is 129 cm³/mol. The lowest BCUT2D eigenvalue weighted by Gasteiger charge is -2.22. The molecule has 0 aliphatic carbocycles. The van der Waals surface area contributed by atoms with Gasteiger partial charge in [-0.1, -0.05) is 17.9 Å². The second-order valence-electron chi connectivity index (χ2n) is 7.12. The number of carbonyl (C=O) groups excluding carboxylic acids is 2. The molecule has 0 fully saturated rings. The van der Waals surface area contributed by atoms with E-state index in [1.807, 2.05) is 12.1 Å². The van der Waals surface area contributed by atoms with Crippen molar-refractivity contribution in [2.45, 2.75) is 19.9 Å². The van der Waals surface area contributed by atoms with Crippen molar-refractivity contribution in [3.63, 3.8) is 0 Å². The number of thiazole rings is 1. The van der Waals surface area contributed by atoms with Crippen LogP contribution in [0.5, 0.6) is 0 Å². The monoisotopic (exact) mass is 466 g/mol. The average molecular weight is 467 g/mol. The number of aromatic nitrogens is 4. The molecule has 1 atom stereocenters. The normalized spacial score (nSPS) is 11.4. The summed E-state index contributed by atoms with van der Waals surface area (Å²) in [6, 6.07) is 5.05. The molecule has 11 heteroatoms. The Labute approximate surface area is 196 Å². The van der Waals surface area contributed by atoms with Crippen molar-refractivity contribution in [1.29, 1.82) is 0 Å². The van der Waals surface area contributed by atoms with Gasteiger partial charge in [0.2, 0.25) is 11.8 Å². The molecule has 0 radical (unpaired) electrons. The lowest BCUT2D eigenvalue weighted by Crippen LogP contribution is -2.46. The number of rotatable bonds is 10. The van der Waals surface area contributed by atoms with Crippen LogP contribution in [0.25, 0.3) is 10.4 Å². The van der Waals surface area contributed by atoms with Crippen LogP contribution >= 0.6 is 11.3 Å². The molecule has 0 saturated heterocycles. The minimum Gasteiger partial charge on any atom is -0.368 e. The maximum Gasteiger partial charge on any atom is 0.246 e. The fourth-order valence-electron chi connectivity index (χ4n) is 2.85. The molecular weight excluding hydrogens is 440 g/mol. The molecule has 3 rings (SSSR count). The zero-order valence-corrected chi connectivity index (χ0v) is 19.5. The lowest BCUT2D eigenvalue weighted by atomic mass is 10.2. The van der Waals surface area contributed by atoms with Gasteiger partial charge in [-0.05, 0) is 37.6 Å². The molecule has 0 bridgehead atoms. The summed E-state index contributed by atoms with van der Waals surface area (Å²) in [5, 5.41) is 9.90. The molecule has 0 aliphatic rings. The molecule has 0 aliphatic heterocycles. The number of likely N-dealkylation sites (N-methyl/N-ethyl adjacent to an activating group) is 1. The van der Waals surface area contributed by atoms with Gasteiger partial charge in [0.1, 0.15) is 23.5 Å². The number of anilines is 3. The molecule has 3 N–H and O–H groups in total. The van der Waals surface area contributed by atoms with E-state index < -0.39 is 6.04 Å². The first kappa shape index (κ1) is 23.8. The van der Waals surface area contributed by atoms with Crippen LogP contribution in [-0.2, 0) is 9.59 Å². The molecular formula is C22H26N8O2S. The van der Waals surface area contributed by atoms with E-state index in [-0.39, 0.29) is 11.8 Å². The van der Waals surface area contributed by atoms with Gasteiger partial charge in [-0.25, -0.2) is 15.0 Å². The summed E-state index contributed by atoms with van der Waals surface area (Å²) < 4.78 is 0. The van der Waals surface area contributed by atoms with E-state index in [9.17, 15) is 9.59 Å². The largest absolute Gasteiger partial charge is 0.368 e. The molecule has 2 amide bonds. The topological polar surface area (TPSA) is 125 Å². The number of aryl methyl sites for hydroxylation is 1. The van der Waals surface area contributed by atoms with E-state index in [2.05, 4.69) is 42.5 Å². The predicted octanol–water partition coefficient (Wildman–Crippen LogP) is 2.61. The van der Waals surface area contributed by atoms with Crippen LogP contribution in [0.1, 0.15) is 12.7 Å². The Kier molecular flexibility index (Phi) is 8.03. The quantitative estimate of drug-likeness (QED) is 0.308. The summed E-state index contributed by atoms with van der Waals surface area (Å²) in [6.07, 6.45) is 6.48. The standard InChI is InChI=1S/C22H26N8O2S/c1-5-20(31)30(4)14(2)21(32)25-11-10-24-18-12-19(28-15(3)27-18)29-22-26-13-17(33-22)16-6-8-23-9-7-16/h5-9,12-14H,1,10-11H2,2-4H3,(H,25,32)(H2,24,26,27,28,29)/t14-/m0/s1. The van der Waals surface area contributed by atoms with Crippen LogP contribution in [-0.4, -0.2) is 62.8 Å². The van der Waals surface area contributed by atoms with Crippen LogP contribution in [0.3, 0.4) is 0 Å². The summed E-state index contributed by atoms with van der Waals surface area (Å²) in [6.45, 7) is 7.72. The third kappa shape index (κ3) is 6.56. The van der Waals surface area contributed by atoms with Crippen LogP contribution in [0, 0.1) is 6.92 Å². The molecule has 3 heterocycles. The number of nitrogens with one attached hydrogen (secondary N) is 3. The summed E-state index contributed by atoms with van der Waals surface area (Å²) in [7, 11) is 1.56. The van der Waals surface area contributed by atoms with Crippen molar-refractivity contribution in [2.24, 2.45) is 0 Å². The van der Waals surface area contributed by atoms with Crippen LogP contribution in [0.2, 0.25) is 0 Å². The minimum absolute atomic E-state index is 0.246. The van der Waals surface area contributed by atoms with E-state index in [0.717, 1.165) is 10.4 Å². The molecule has 10 nitrogen and oxygen atoms in total. The van der Waals surface area contributed by atoms with Gasteiger partial charge in [-0.2, -0.15) is 0 Å². The van der Waals surface area contributed by atoms with Gasteiger partial charge >= 0.3 is 0 Å². The second kappa shape index (κ2) is 11.1. The number of carbonyl (C=O) groups is 2. The highest BCUT2D eigenvalue weighted by molar-refractivity contribution is 7.18. The van der Waals surface area contributed by atoms with E-state index in [4.69, 9.17) is 0 Å². The zero-order valence-electron chi connectivity index (χ0n) is 18.7. The highest BCUT2D eigenvalue weighted by Crippen LogP contribution is 2.30. The minimum atomic E-state index is -0.595. The van der Waals surface area contributed by atoms with Crippen LogP contribution < -0.4 is 16.0 Å². The fraction of sp³-hybridized carbons (Fsp3) is 0.273. The van der Waals surface area contributed by atoms with Crippen molar-refractivity contribution < 1.29 is 9.59 Å². The molecule has 3 aromatic rings. The SMILES string of the molecule is C=CC(=O)N(C)[C@@H](C)C(=O)NCCNc1cc(Nc2ncc(-c3ccncc3)s2)nc(C)n1. The van der Waals surface area contributed by atoms with Crippen molar-refractivity contribution in [3.05, 3.63) is 55.3 Å². The van der Waals surface area contributed by atoms with Crippen LogP contribution in [0.4, 0.5) is 16.8 Å². The van der Waals surface area contributed by atoms with Crippen molar-refractivity contribution >= 4 is 39.9 Å². The number of pyridine rings is 1. The maximum atomic E-state index is 12.2. The van der Waals surface area contributed by atoms with E-state index in [1.165, 1.54) is 22.3 Å². The Balaban J connectivity index is 1.53. The fourth-order valence-corrected chi connectivity index (χ4v) is 3.68. The third-order valence-corrected chi connectivity index (χ3v) is 5.72. The Morgan fingerprint density at radius 2 is 1.94 bits per heavy atom. The third-order valence-electron chi connectivity index (χ3n) is 4.76. The van der Waals surface area contributed by atoms with Crippen molar-refractivity contribution in [3.8, 4) is 10.4 Å². The summed E-state index contributed by atoms with van der Waals surface area (Å²) in [5.41, 5.74) is 1.05. The smallest absolute Gasteiger partial charge is 0.246 e. The summed E-state index contributed by atoms with van der Waals surface area (Å²) in [4.78, 5) is 43.4. The first-order valence-corrected chi connectivity index (χ1v) is 11.1. The number of amides is 2. The Morgan fingerprint density at radius 1 is 1.21 bits per heavy atom. The molecule has 0 unspecified atom stereocenters. The second-order valence-corrected chi connectivity index (χ2v) is 8.15. The maximum absolute atomic E-state index is 12.2. The summed E-state index contributed by atoms with van der Waals surface area (Å²) in [5.74, 6) is 1.28. The van der Waals surface area contributed by atoms with Gasteiger partial charge < -0.3 is 20.9 Å². The van der Waals surface area contributed by atoms with Gasteiger partial charge in [0.05, 0.1) is 4.88 Å². The number of nitrogens with zero attached hydrogens (tertiary/aromatic N) is 5. The molecule has 0 saturated carbocycles. The van der Waals surface area contributed by atoms with E-state index >= 15 is 0 Å². The Bertz CT molecular complexity index is 1120. The van der Waals surface area contributed by atoms with E-state index in [1.54, 1.807) is 45.6 Å². The first-order valence-electron chi connectivity index (χ1n) is 10.3. The van der Waals surface area contributed by atoms with Crippen molar-refractivity contribution in [1.82, 2.24) is 30.2 Å². The molecule has 0 spiro atoms. The number of hydrogen-bond acceptors (Lipinski definition) is 9. The molecule has 0 aromatic carbocycles. The Morgan fingerprint density at radius 3 is 2.67 bits per heavy atom. The Hall–Kier alpha value is -3.86. The average Bonchev–Trinajstić information content (AvgIpc) is 3.28. The van der Waals surface area contributed by atoms with Gasteiger partial charge in [0, 0.05) is 44.8 Å². The number of hydrogen-bond donors (Lipinski definition) is 3. The summed E-state index contributed by atoms with van der Waals surface area (Å²) >= 11 is 1.51. The molecule has 3 aromatic heterocycles. The van der Waals surface area contributed by atoms with Gasteiger partial charge in [-0.3, -0.25) is 14.6 Å². The highest BCUT2D eigenvalue weighted by Gasteiger charge is 2.20. The van der Waals surface area contributed by atoms with E-state index in [0.29, 0.717) is 35.7 Å². The highest BCUT2D eigenvalue weighted by atomic mass is 32.1. The van der Waals surface area contributed by atoms with Gasteiger partial charge in [-0.15, -0.1) is 0 Å². The van der Waals surface area contributed by atoms with Gasteiger partial charge in [0.15, 0.2) is 5.13 Å². The first-order chi connectivity index (χ1) is 15.9. The van der Waals surface area contributed by atoms with Gasteiger partial charge in [0.25, 0.3) is 0 Å². The lowest BCUT2D eigenvalue weighted by molar-refractivity contribution is -0.134. The molecule has 33 heavy (non-hydrogen) atoms. The molecule has 172 valence electrons. The zero-order chi connectivity index (χ0) is 23.8. The van der Waals surface area contributed by atoms with Crippen LogP contribution in [0.15, 0.2) is 49.4 Å². The van der Waals surface area contributed by atoms with Crippen molar-refractivity contribution in [2.75, 3.05) is 30.8 Å².